The molecule has 1 fully saturated rings. The minimum Gasteiger partial charge on any atom is -0.345 e. The van der Waals surface area contributed by atoms with Crippen LogP contribution in [0, 0.1) is 5.92 Å². The molecule has 1 aliphatic rings. The second-order valence-corrected chi connectivity index (χ2v) is 5.36. The van der Waals surface area contributed by atoms with E-state index in [-0.39, 0.29) is 0 Å². The van der Waals surface area contributed by atoms with Crippen LogP contribution in [0.2, 0.25) is 0 Å². The molecule has 0 saturated heterocycles. The van der Waals surface area contributed by atoms with Crippen molar-refractivity contribution in [1.82, 2.24) is 19.4 Å². The Labute approximate surface area is 105 Å². The maximum absolute atomic E-state index is 4.67. The first-order valence-electron chi connectivity index (χ1n) is 6.64. The summed E-state index contributed by atoms with van der Waals surface area (Å²) in [5, 5.41) is 0. The van der Waals surface area contributed by atoms with E-state index in [1.54, 1.807) is 0 Å². The number of fused-ring (bicyclic) bond motifs is 3. The lowest BCUT2D eigenvalue weighted by Crippen LogP contribution is -2.07. The number of imidazole rings is 1. The molecule has 3 heterocycles. The molecule has 0 spiro atoms. The Morgan fingerprint density at radius 2 is 2.17 bits per heavy atom. The normalized spacial score (nSPS) is 24.3. The lowest BCUT2D eigenvalue weighted by molar-refractivity contribution is 0.510. The molecule has 1 N–H and O–H groups in total. The van der Waals surface area contributed by atoms with Crippen LogP contribution in [0.4, 0.5) is 0 Å². The van der Waals surface area contributed by atoms with E-state index < -0.39 is 0 Å². The Morgan fingerprint density at radius 3 is 3.00 bits per heavy atom. The quantitative estimate of drug-likeness (QED) is 0.710. The largest absolute Gasteiger partial charge is 0.345 e. The van der Waals surface area contributed by atoms with Gasteiger partial charge in [-0.2, -0.15) is 0 Å². The summed E-state index contributed by atoms with van der Waals surface area (Å²) in [5.41, 5.74) is 3.17. The fraction of sp³-hybridized carbons (Fsp3) is 0.429. The molecule has 3 aromatic heterocycles. The van der Waals surface area contributed by atoms with Crippen LogP contribution in [0.3, 0.4) is 0 Å². The van der Waals surface area contributed by atoms with Crippen molar-refractivity contribution >= 4 is 16.7 Å². The lowest BCUT2D eigenvalue weighted by Gasteiger charge is -2.14. The number of H-pyrrole nitrogens is 1. The summed E-state index contributed by atoms with van der Waals surface area (Å²) in [5.74, 6) is 2.53. The Bertz CT molecular complexity index is 709. The first-order valence-corrected chi connectivity index (χ1v) is 6.64. The highest BCUT2D eigenvalue weighted by atomic mass is 15.1. The summed E-state index contributed by atoms with van der Waals surface area (Å²) in [6.07, 6.45) is 9.69. The fourth-order valence-corrected chi connectivity index (χ4v) is 3.29. The van der Waals surface area contributed by atoms with Gasteiger partial charge in [0.15, 0.2) is 5.65 Å². The first-order chi connectivity index (χ1) is 8.84. The Balaban J connectivity index is 2.02. The van der Waals surface area contributed by atoms with E-state index in [0.29, 0.717) is 5.92 Å². The van der Waals surface area contributed by atoms with E-state index >= 15 is 0 Å². The van der Waals surface area contributed by atoms with E-state index in [9.17, 15) is 0 Å². The van der Waals surface area contributed by atoms with Crippen molar-refractivity contribution in [2.75, 3.05) is 0 Å². The molecule has 4 nitrogen and oxygen atoms in total. The highest BCUT2D eigenvalue weighted by molar-refractivity contribution is 5.75. The van der Waals surface area contributed by atoms with Gasteiger partial charge in [-0.05, 0) is 24.8 Å². The predicted octanol–water partition coefficient (Wildman–Crippen LogP) is 3.11. The third-order valence-corrected chi connectivity index (χ3v) is 4.28. The summed E-state index contributed by atoms with van der Waals surface area (Å²) in [6, 6.07) is 2.08. The van der Waals surface area contributed by atoms with E-state index in [4.69, 9.17) is 0 Å². The summed E-state index contributed by atoms with van der Waals surface area (Å²) in [7, 11) is 0. The molecule has 1 aliphatic carbocycles. The summed E-state index contributed by atoms with van der Waals surface area (Å²) in [4.78, 5) is 12.2. The monoisotopic (exact) mass is 240 g/mol. The molecule has 0 amide bonds. The van der Waals surface area contributed by atoms with Gasteiger partial charge in [0.25, 0.3) is 0 Å². The van der Waals surface area contributed by atoms with Crippen molar-refractivity contribution in [2.45, 2.75) is 32.1 Å². The topological polar surface area (TPSA) is 46.0 Å². The number of aromatic nitrogens is 4. The van der Waals surface area contributed by atoms with Gasteiger partial charge in [0.2, 0.25) is 0 Å². The molecular formula is C14H16N4. The van der Waals surface area contributed by atoms with Crippen molar-refractivity contribution in [3.05, 3.63) is 30.5 Å². The number of hydrogen-bond acceptors (Lipinski definition) is 2. The molecule has 4 rings (SSSR count). The van der Waals surface area contributed by atoms with Crippen LogP contribution in [-0.2, 0) is 0 Å². The summed E-state index contributed by atoms with van der Waals surface area (Å²) < 4.78 is 2.27. The van der Waals surface area contributed by atoms with Crippen LogP contribution in [0.1, 0.15) is 37.9 Å². The van der Waals surface area contributed by atoms with Crippen LogP contribution in [0.5, 0.6) is 0 Å². The van der Waals surface area contributed by atoms with E-state index in [2.05, 4.69) is 32.3 Å². The van der Waals surface area contributed by atoms with Crippen molar-refractivity contribution < 1.29 is 0 Å². The van der Waals surface area contributed by atoms with Gasteiger partial charge in [0.05, 0.1) is 23.4 Å². The average Bonchev–Trinajstić information content (AvgIpc) is 3.04. The molecule has 18 heavy (non-hydrogen) atoms. The molecule has 2 atom stereocenters. The third kappa shape index (κ3) is 1.26. The third-order valence-electron chi connectivity index (χ3n) is 4.28. The molecule has 0 aromatic carbocycles. The minimum atomic E-state index is 0.591. The van der Waals surface area contributed by atoms with Gasteiger partial charge in [0.1, 0.15) is 5.82 Å². The van der Waals surface area contributed by atoms with E-state index in [1.807, 2.05) is 18.6 Å². The standard InChI is InChI=1S/C14H16N4/c1-9-3-2-4-11(9)14-17-8-10-7-16-13-12(18(10)14)5-6-15-13/h5-9,11,15H,2-4H2,1H3/t9-,11+/m0/s1. The van der Waals surface area contributed by atoms with Crippen LogP contribution in [0.25, 0.3) is 16.7 Å². The maximum atomic E-state index is 4.67. The molecule has 3 aromatic rings. The molecular weight excluding hydrogens is 224 g/mol. The zero-order valence-corrected chi connectivity index (χ0v) is 10.4. The first kappa shape index (κ1) is 10.1. The Morgan fingerprint density at radius 1 is 1.28 bits per heavy atom. The van der Waals surface area contributed by atoms with Gasteiger partial charge in [-0.1, -0.05) is 13.3 Å². The van der Waals surface area contributed by atoms with Crippen LogP contribution in [-0.4, -0.2) is 19.4 Å². The van der Waals surface area contributed by atoms with E-state index in [1.165, 1.54) is 25.1 Å². The minimum absolute atomic E-state index is 0.591. The molecule has 92 valence electrons. The smallest absolute Gasteiger partial charge is 0.154 e. The van der Waals surface area contributed by atoms with Crippen LogP contribution < -0.4 is 0 Å². The summed E-state index contributed by atoms with van der Waals surface area (Å²) in [6.45, 7) is 2.34. The fourth-order valence-electron chi connectivity index (χ4n) is 3.29. The molecule has 0 bridgehead atoms. The van der Waals surface area contributed by atoms with Gasteiger partial charge >= 0.3 is 0 Å². The van der Waals surface area contributed by atoms with Crippen LogP contribution in [0.15, 0.2) is 24.7 Å². The zero-order chi connectivity index (χ0) is 12.1. The van der Waals surface area contributed by atoms with Gasteiger partial charge in [-0.25, -0.2) is 9.97 Å². The molecule has 0 radical (unpaired) electrons. The number of hydrogen-bond donors (Lipinski definition) is 1. The SMILES string of the molecule is C[C@H]1CCC[C@H]1c1ncc2cnc3[nH]ccc3n12. The second kappa shape index (κ2) is 3.57. The van der Waals surface area contributed by atoms with Crippen molar-refractivity contribution in [1.29, 1.82) is 0 Å². The lowest BCUT2D eigenvalue weighted by atomic mass is 9.97. The highest BCUT2D eigenvalue weighted by Gasteiger charge is 2.28. The maximum Gasteiger partial charge on any atom is 0.154 e. The highest BCUT2D eigenvalue weighted by Crippen LogP contribution is 2.39. The molecule has 0 aliphatic heterocycles. The van der Waals surface area contributed by atoms with E-state index in [0.717, 1.165) is 22.6 Å². The zero-order valence-electron chi connectivity index (χ0n) is 10.4. The Kier molecular flexibility index (Phi) is 2.01. The van der Waals surface area contributed by atoms with Gasteiger partial charge < -0.3 is 4.98 Å². The van der Waals surface area contributed by atoms with Crippen molar-refractivity contribution in [3.8, 4) is 0 Å². The van der Waals surface area contributed by atoms with Crippen molar-refractivity contribution in [2.24, 2.45) is 5.92 Å². The predicted molar refractivity (Wildman–Crippen MR) is 70.6 cm³/mol. The number of nitrogens with one attached hydrogen (secondary N) is 1. The molecule has 4 heteroatoms. The number of nitrogens with zero attached hydrogens (tertiary/aromatic N) is 3. The van der Waals surface area contributed by atoms with Crippen LogP contribution >= 0.6 is 0 Å². The van der Waals surface area contributed by atoms with Gasteiger partial charge in [-0.15, -0.1) is 0 Å². The number of rotatable bonds is 1. The molecule has 0 unspecified atom stereocenters. The summed E-state index contributed by atoms with van der Waals surface area (Å²) >= 11 is 0. The Hall–Kier alpha value is -1.84. The average molecular weight is 240 g/mol. The van der Waals surface area contributed by atoms with Gasteiger partial charge in [0, 0.05) is 12.1 Å². The number of aromatic amines is 1. The van der Waals surface area contributed by atoms with Crippen molar-refractivity contribution in [3.63, 3.8) is 0 Å². The van der Waals surface area contributed by atoms with Gasteiger partial charge in [-0.3, -0.25) is 4.40 Å². The molecule has 1 saturated carbocycles. The second-order valence-electron chi connectivity index (χ2n) is 5.36.